The van der Waals surface area contributed by atoms with Crippen molar-refractivity contribution < 1.29 is 34.6 Å². The van der Waals surface area contributed by atoms with E-state index in [0.29, 0.717) is 6.08 Å². The zero-order valence-corrected chi connectivity index (χ0v) is 10.1. The van der Waals surface area contributed by atoms with Crippen LogP contribution in [0.5, 0.6) is 11.5 Å². The number of methoxy groups -OCH3 is 1. The van der Waals surface area contributed by atoms with E-state index in [4.69, 9.17) is 10.2 Å². The molecular formula is C11H9NO8. The van der Waals surface area contributed by atoms with E-state index in [0.717, 1.165) is 19.2 Å². The van der Waals surface area contributed by atoms with Crippen molar-refractivity contribution in [1.29, 1.82) is 0 Å². The van der Waals surface area contributed by atoms with E-state index in [9.17, 15) is 24.8 Å². The number of carbonyl (C=O) groups is 2. The topological polar surface area (TPSA) is 147 Å². The molecule has 0 fully saturated rings. The second kappa shape index (κ2) is 5.69. The minimum Gasteiger partial charge on any atom is -0.504 e. The van der Waals surface area contributed by atoms with Gasteiger partial charge in [-0.05, 0) is 18.2 Å². The van der Waals surface area contributed by atoms with Crippen LogP contribution < -0.4 is 4.74 Å². The first kappa shape index (κ1) is 15.0. The van der Waals surface area contributed by atoms with Crippen molar-refractivity contribution in [3.8, 4) is 11.5 Å². The first-order chi connectivity index (χ1) is 9.29. The maximum atomic E-state index is 11.0. The lowest BCUT2D eigenvalue weighted by atomic mass is 10.1. The molecule has 1 rings (SSSR count). The van der Waals surface area contributed by atoms with Crippen LogP contribution in [-0.2, 0) is 9.59 Å². The summed E-state index contributed by atoms with van der Waals surface area (Å²) >= 11 is 0. The number of nitro groups is 1. The average Bonchev–Trinajstić information content (AvgIpc) is 2.35. The van der Waals surface area contributed by atoms with Crippen molar-refractivity contribution in [1.82, 2.24) is 0 Å². The zero-order chi connectivity index (χ0) is 15.4. The van der Waals surface area contributed by atoms with E-state index in [1.54, 1.807) is 0 Å². The first-order valence-electron chi connectivity index (χ1n) is 5.02. The van der Waals surface area contributed by atoms with Gasteiger partial charge in [-0.3, -0.25) is 10.1 Å². The Morgan fingerprint density at radius 2 is 1.85 bits per heavy atom. The molecule has 1 aromatic carbocycles. The Bertz CT molecular complexity index is 603. The van der Waals surface area contributed by atoms with Crippen LogP contribution in [0.25, 0.3) is 6.08 Å². The van der Waals surface area contributed by atoms with Crippen molar-refractivity contribution in [2.45, 2.75) is 0 Å². The Morgan fingerprint density at radius 3 is 2.25 bits per heavy atom. The number of nitro benzene ring substituents is 1. The van der Waals surface area contributed by atoms with Crippen molar-refractivity contribution >= 4 is 23.7 Å². The van der Waals surface area contributed by atoms with Crippen LogP contribution in [0.4, 0.5) is 5.69 Å². The van der Waals surface area contributed by atoms with Gasteiger partial charge in [-0.25, -0.2) is 9.59 Å². The molecule has 0 bridgehead atoms. The summed E-state index contributed by atoms with van der Waals surface area (Å²) in [6.07, 6.45) is 0.616. The number of phenolic OH excluding ortho intramolecular Hbond substituents is 1. The number of ether oxygens (including phenoxy) is 1. The van der Waals surface area contributed by atoms with E-state index < -0.39 is 39.6 Å². The lowest BCUT2D eigenvalue weighted by Gasteiger charge is -2.06. The van der Waals surface area contributed by atoms with E-state index in [1.807, 2.05) is 0 Å². The fourth-order valence-corrected chi connectivity index (χ4v) is 1.45. The highest BCUT2D eigenvalue weighted by Gasteiger charge is 2.25. The van der Waals surface area contributed by atoms with Crippen LogP contribution in [0, 0.1) is 10.1 Å². The molecule has 106 valence electrons. The maximum Gasteiger partial charge on any atom is 0.343 e. The van der Waals surface area contributed by atoms with Crippen molar-refractivity contribution in [3.63, 3.8) is 0 Å². The number of carboxylic acids is 2. The predicted molar refractivity (Wildman–Crippen MR) is 64.6 cm³/mol. The van der Waals surface area contributed by atoms with Gasteiger partial charge in [-0.15, -0.1) is 0 Å². The van der Waals surface area contributed by atoms with Gasteiger partial charge >= 0.3 is 17.6 Å². The molecule has 0 spiro atoms. The minimum absolute atomic E-state index is 0.315. The zero-order valence-electron chi connectivity index (χ0n) is 10.1. The highest BCUT2D eigenvalue weighted by atomic mass is 16.6. The standard InChI is InChI=1S/C11H9NO8/c1-20-9-7(13)3-2-5(8(9)12(18)19)4-6(10(14)15)11(16)17/h2-4,13H,1H3,(H,14,15)(H,16,17). The molecule has 0 atom stereocenters. The van der Waals surface area contributed by atoms with E-state index >= 15 is 0 Å². The Hall–Kier alpha value is -3.10. The van der Waals surface area contributed by atoms with Gasteiger partial charge in [0.1, 0.15) is 5.57 Å². The molecule has 9 nitrogen and oxygen atoms in total. The molecule has 3 N–H and O–H groups in total. The smallest absolute Gasteiger partial charge is 0.343 e. The first-order valence-corrected chi connectivity index (χ1v) is 5.02. The van der Waals surface area contributed by atoms with E-state index in [1.165, 1.54) is 0 Å². The molecule has 0 amide bonds. The normalized spacial score (nSPS) is 9.65. The van der Waals surface area contributed by atoms with Gasteiger partial charge in [0.05, 0.1) is 17.6 Å². The van der Waals surface area contributed by atoms with Gasteiger partial charge in [0.2, 0.25) is 5.75 Å². The predicted octanol–water partition coefficient (Wildman–Crippen LogP) is 0.862. The fraction of sp³-hybridized carbons (Fsp3) is 0.0909. The third kappa shape index (κ3) is 2.83. The van der Waals surface area contributed by atoms with E-state index in [2.05, 4.69) is 4.74 Å². The molecule has 1 aromatic rings. The van der Waals surface area contributed by atoms with Crippen LogP contribution in [0.1, 0.15) is 5.56 Å². The number of aromatic hydroxyl groups is 1. The summed E-state index contributed by atoms with van der Waals surface area (Å²) in [6.45, 7) is 0. The van der Waals surface area contributed by atoms with Crippen molar-refractivity contribution in [2.24, 2.45) is 0 Å². The van der Waals surface area contributed by atoms with Crippen LogP contribution in [0.3, 0.4) is 0 Å². The summed E-state index contributed by atoms with van der Waals surface area (Å²) in [5.74, 6) is -4.51. The van der Waals surface area contributed by atoms with Crippen LogP contribution >= 0.6 is 0 Å². The molecule has 0 saturated carbocycles. The largest absolute Gasteiger partial charge is 0.504 e. The molecule has 0 aromatic heterocycles. The number of carboxylic acid groups (broad SMARTS) is 2. The third-order valence-electron chi connectivity index (χ3n) is 2.29. The number of hydrogen-bond donors (Lipinski definition) is 3. The number of hydrogen-bond acceptors (Lipinski definition) is 6. The molecule has 0 aliphatic carbocycles. The SMILES string of the molecule is COc1c(O)ccc(C=C(C(=O)O)C(=O)O)c1[N+](=O)[O-]. The Morgan fingerprint density at radius 1 is 1.30 bits per heavy atom. The van der Waals surface area contributed by atoms with Gasteiger partial charge in [0.15, 0.2) is 5.75 Å². The second-order valence-corrected chi connectivity index (χ2v) is 3.48. The summed E-state index contributed by atoms with van der Waals surface area (Å²) in [5, 5.41) is 37.8. The molecule has 0 unspecified atom stereocenters. The number of rotatable bonds is 5. The van der Waals surface area contributed by atoms with Crippen LogP contribution in [0.2, 0.25) is 0 Å². The van der Waals surface area contributed by atoms with Crippen LogP contribution in [-0.4, -0.2) is 39.3 Å². The summed E-state index contributed by atoms with van der Waals surface area (Å²) in [6, 6.07) is 2.04. The fourth-order valence-electron chi connectivity index (χ4n) is 1.45. The average molecular weight is 283 g/mol. The molecule has 0 saturated heterocycles. The summed E-state index contributed by atoms with van der Waals surface area (Å²) in [7, 11) is 1.07. The Labute approximate surface area is 111 Å². The van der Waals surface area contributed by atoms with Gasteiger partial charge in [0.25, 0.3) is 0 Å². The van der Waals surface area contributed by atoms with Crippen LogP contribution in [0.15, 0.2) is 17.7 Å². The molecule has 0 aliphatic heterocycles. The van der Waals surface area contributed by atoms with E-state index in [-0.39, 0.29) is 5.56 Å². The van der Waals surface area contributed by atoms with Gasteiger partial charge in [-0.1, -0.05) is 0 Å². The molecule has 0 aliphatic rings. The second-order valence-electron chi connectivity index (χ2n) is 3.48. The van der Waals surface area contributed by atoms with Gasteiger partial charge < -0.3 is 20.1 Å². The highest BCUT2D eigenvalue weighted by molar-refractivity contribution is 6.16. The summed E-state index contributed by atoms with van der Waals surface area (Å²) in [5.41, 5.74) is -2.10. The van der Waals surface area contributed by atoms with Gasteiger partial charge in [-0.2, -0.15) is 0 Å². The van der Waals surface area contributed by atoms with Crippen molar-refractivity contribution in [2.75, 3.05) is 7.11 Å². The number of nitrogens with zero attached hydrogens (tertiary/aromatic N) is 1. The molecule has 0 radical (unpaired) electrons. The Balaban J connectivity index is 3.61. The number of aliphatic carboxylic acids is 2. The molecule has 0 heterocycles. The third-order valence-corrected chi connectivity index (χ3v) is 2.29. The lowest BCUT2D eigenvalue weighted by Crippen LogP contribution is -2.11. The highest BCUT2D eigenvalue weighted by Crippen LogP contribution is 2.39. The van der Waals surface area contributed by atoms with Crippen molar-refractivity contribution in [3.05, 3.63) is 33.4 Å². The summed E-state index contributed by atoms with van der Waals surface area (Å²) in [4.78, 5) is 31.6. The summed E-state index contributed by atoms with van der Waals surface area (Å²) < 4.78 is 4.66. The lowest BCUT2D eigenvalue weighted by molar-refractivity contribution is -0.386. The van der Waals surface area contributed by atoms with Gasteiger partial charge in [0, 0.05) is 0 Å². The number of benzene rings is 1. The monoisotopic (exact) mass is 283 g/mol. The Kier molecular flexibility index (Phi) is 4.26. The maximum absolute atomic E-state index is 11.0. The quantitative estimate of drug-likeness (QED) is 0.237. The molecular weight excluding hydrogens is 274 g/mol. The number of phenols is 1. The molecule has 9 heteroatoms. The minimum atomic E-state index is -1.75. The molecule has 20 heavy (non-hydrogen) atoms.